The van der Waals surface area contributed by atoms with Crippen molar-refractivity contribution in [1.29, 1.82) is 0 Å². The highest BCUT2D eigenvalue weighted by atomic mass is 19.1. The molecule has 0 unspecified atom stereocenters. The van der Waals surface area contributed by atoms with Crippen LogP contribution in [-0.2, 0) is 9.53 Å². The van der Waals surface area contributed by atoms with Crippen molar-refractivity contribution in [2.75, 3.05) is 0 Å². The van der Waals surface area contributed by atoms with Crippen LogP contribution in [0.25, 0.3) is 0 Å². The van der Waals surface area contributed by atoms with E-state index >= 15 is 0 Å². The number of carbonyl (C=O) groups is 1. The Morgan fingerprint density at radius 3 is 2.70 bits per heavy atom. The molecule has 0 saturated carbocycles. The summed E-state index contributed by atoms with van der Waals surface area (Å²) in [7, 11) is 0. The van der Waals surface area contributed by atoms with Crippen molar-refractivity contribution in [1.82, 2.24) is 0 Å². The highest BCUT2D eigenvalue weighted by molar-refractivity contribution is 5.71. The SMILES string of the molecule is CC(C)[C@H]1O[C@H]2c3cccc(F)c3OC(C)(C)[C@@H]2C[C@H]1C(=O)O. The molecule has 0 bridgehead atoms. The molecule has 1 fully saturated rings. The van der Waals surface area contributed by atoms with Gasteiger partial charge in [-0.05, 0) is 32.3 Å². The van der Waals surface area contributed by atoms with E-state index < -0.39 is 29.4 Å². The fraction of sp³-hybridized carbons (Fsp3) is 0.611. The van der Waals surface area contributed by atoms with E-state index in [1.54, 1.807) is 6.07 Å². The lowest BCUT2D eigenvalue weighted by Gasteiger charge is -2.51. The van der Waals surface area contributed by atoms with E-state index in [0.717, 1.165) is 0 Å². The average Bonchev–Trinajstić information content (AvgIpc) is 2.47. The first-order valence-corrected chi connectivity index (χ1v) is 8.08. The summed E-state index contributed by atoms with van der Waals surface area (Å²) in [5.41, 5.74) is -0.000924. The van der Waals surface area contributed by atoms with Crippen LogP contribution in [0.1, 0.15) is 45.8 Å². The molecule has 0 aliphatic carbocycles. The van der Waals surface area contributed by atoms with Crippen LogP contribution >= 0.6 is 0 Å². The summed E-state index contributed by atoms with van der Waals surface area (Å²) in [6.07, 6.45) is -0.266. The predicted molar refractivity (Wildman–Crippen MR) is 82.8 cm³/mol. The zero-order valence-electron chi connectivity index (χ0n) is 13.9. The quantitative estimate of drug-likeness (QED) is 0.900. The Hall–Kier alpha value is -1.62. The second-order valence-electron chi connectivity index (χ2n) is 7.42. The Morgan fingerprint density at radius 1 is 1.39 bits per heavy atom. The summed E-state index contributed by atoms with van der Waals surface area (Å²) in [6, 6.07) is 4.83. The van der Waals surface area contributed by atoms with Gasteiger partial charge in [0, 0.05) is 11.5 Å². The number of para-hydroxylation sites is 1. The molecule has 1 N–H and O–H groups in total. The maximum absolute atomic E-state index is 14.2. The lowest BCUT2D eigenvalue weighted by molar-refractivity contribution is -0.196. The first kappa shape index (κ1) is 16.2. The maximum atomic E-state index is 14.2. The van der Waals surface area contributed by atoms with Crippen LogP contribution in [0.2, 0.25) is 0 Å². The first-order chi connectivity index (χ1) is 10.7. The topological polar surface area (TPSA) is 55.8 Å². The summed E-state index contributed by atoms with van der Waals surface area (Å²) in [5, 5.41) is 9.58. The van der Waals surface area contributed by atoms with E-state index in [4.69, 9.17) is 9.47 Å². The maximum Gasteiger partial charge on any atom is 0.309 e. The monoisotopic (exact) mass is 322 g/mol. The Bertz CT molecular complexity index is 625. The lowest BCUT2D eigenvalue weighted by Crippen LogP contribution is -2.53. The number of hydrogen-bond donors (Lipinski definition) is 1. The molecule has 0 radical (unpaired) electrons. The highest BCUT2D eigenvalue weighted by Gasteiger charge is 2.53. The van der Waals surface area contributed by atoms with Crippen LogP contribution < -0.4 is 4.74 Å². The Labute approximate surface area is 135 Å². The summed E-state index contributed by atoms with van der Waals surface area (Å²) < 4.78 is 26.3. The normalized spacial score (nSPS) is 31.9. The summed E-state index contributed by atoms with van der Waals surface area (Å²) in [5.74, 6) is -1.65. The summed E-state index contributed by atoms with van der Waals surface area (Å²) in [4.78, 5) is 11.7. The van der Waals surface area contributed by atoms with Crippen LogP contribution in [0.5, 0.6) is 5.75 Å². The number of hydrogen-bond acceptors (Lipinski definition) is 3. The standard InChI is InChI=1S/C18H23FO4/c1-9(2)14-11(17(20)21)8-12-15(22-14)10-6-5-7-13(19)16(10)23-18(12,3)4/h5-7,9,11-12,14-15H,8H2,1-4H3,(H,20,21)/t11-,12-,14-,15+/m1/s1. The lowest BCUT2D eigenvalue weighted by atomic mass is 9.70. The van der Waals surface area contributed by atoms with E-state index in [-0.39, 0.29) is 23.7 Å². The predicted octanol–water partition coefficient (Wildman–Crippen LogP) is 3.80. The zero-order valence-corrected chi connectivity index (χ0v) is 13.9. The van der Waals surface area contributed by atoms with Crippen LogP contribution in [-0.4, -0.2) is 22.8 Å². The fourth-order valence-electron chi connectivity index (χ4n) is 3.89. The minimum atomic E-state index is -0.844. The Kier molecular flexibility index (Phi) is 3.87. The van der Waals surface area contributed by atoms with Crippen molar-refractivity contribution in [2.24, 2.45) is 17.8 Å². The molecule has 126 valence electrons. The van der Waals surface area contributed by atoms with Gasteiger partial charge in [0.25, 0.3) is 0 Å². The summed E-state index contributed by atoms with van der Waals surface area (Å²) >= 11 is 0. The van der Waals surface area contributed by atoms with Crippen molar-refractivity contribution >= 4 is 5.97 Å². The largest absolute Gasteiger partial charge is 0.484 e. The van der Waals surface area contributed by atoms with Gasteiger partial charge in [-0.25, -0.2) is 4.39 Å². The third-order valence-electron chi connectivity index (χ3n) is 5.11. The molecule has 5 heteroatoms. The van der Waals surface area contributed by atoms with Crippen LogP contribution in [0.15, 0.2) is 18.2 Å². The molecule has 2 aliphatic heterocycles. The van der Waals surface area contributed by atoms with E-state index in [9.17, 15) is 14.3 Å². The minimum Gasteiger partial charge on any atom is -0.484 e. The molecule has 4 nitrogen and oxygen atoms in total. The molecular weight excluding hydrogens is 299 g/mol. The molecule has 0 spiro atoms. The second-order valence-corrected chi connectivity index (χ2v) is 7.42. The van der Waals surface area contributed by atoms with Gasteiger partial charge in [-0.2, -0.15) is 0 Å². The fourth-order valence-corrected chi connectivity index (χ4v) is 3.89. The van der Waals surface area contributed by atoms with Gasteiger partial charge in [0.2, 0.25) is 0 Å². The molecule has 3 rings (SSSR count). The van der Waals surface area contributed by atoms with Crippen molar-refractivity contribution in [2.45, 2.75) is 51.9 Å². The average molecular weight is 322 g/mol. The molecule has 2 heterocycles. The molecule has 23 heavy (non-hydrogen) atoms. The van der Waals surface area contributed by atoms with Crippen molar-refractivity contribution in [3.8, 4) is 5.75 Å². The summed E-state index contributed by atoms with van der Waals surface area (Å²) in [6.45, 7) is 7.66. The second kappa shape index (κ2) is 5.48. The van der Waals surface area contributed by atoms with Gasteiger partial charge in [0.15, 0.2) is 11.6 Å². The van der Waals surface area contributed by atoms with E-state index in [1.165, 1.54) is 6.07 Å². The number of benzene rings is 1. The smallest absolute Gasteiger partial charge is 0.309 e. The van der Waals surface area contributed by atoms with Crippen molar-refractivity contribution in [3.05, 3.63) is 29.6 Å². The van der Waals surface area contributed by atoms with Gasteiger partial charge in [-0.1, -0.05) is 26.0 Å². The number of halogens is 1. The van der Waals surface area contributed by atoms with Gasteiger partial charge < -0.3 is 14.6 Å². The third kappa shape index (κ3) is 2.61. The number of fused-ring (bicyclic) bond motifs is 3. The molecule has 1 saturated heterocycles. The van der Waals surface area contributed by atoms with Gasteiger partial charge in [0.05, 0.1) is 18.1 Å². The number of carboxylic acids is 1. The van der Waals surface area contributed by atoms with E-state index in [1.807, 2.05) is 33.8 Å². The molecule has 1 aromatic carbocycles. The number of rotatable bonds is 2. The third-order valence-corrected chi connectivity index (χ3v) is 5.11. The minimum absolute atomic E-state index is 0.0695. The van der Waals surface area contributed by atoms with Crippen LogP contribution in [0.3, 0.4) is 0 Å². The molecule has 4 atom stereocenters. The zero-order chi connectivity index (χ0) is 16.9. The Morgan fingerprint density at radius 2 is 2.09 bits per heavy atom. The van der Waals surface area contributed by atoms with Gasteiger partial charge in [-0.3, -0.25) is 4.79 Å². The molecule has 1 aromatic rings. The van der Waals surface area contributed by atoms with Crippen molar-refractivity contribution < 1.29 is 23.8 Å². The number of aliphatic carboxylic acids is 1. The van der Waals surface area contributed by atoms with Crippen LogP contribution in [0, 0.1) is 23.6 Å². The van der Waals surface area contributed by atoms with Crippen molar-refractivity contribution in [3.63, 3.8) is 0 Å². The number of carboxylic acid groups (broad SMARTS) is 1. The van der Waals surface area contributed by atoms with Gasteiger partial charge >= 0.3 is 5.97 Å². The molecular formula is C18H23FO4. The van der Waals surface area contributed by atoms with Gasteiger partial charge in [-0.15, -0.1) is 0 Å². The molecule has 2 aliphatic rings. The molecule has 0 aromatic heterocycles. The number of ether oxygens (including phenoxy) is 2. The first-order valence-electron chi connectivity index (χ1n) is 8.08. The van der Waals surface area contributed by atoms with E-state index in [2.05, 4.69) is 0 Å². The van der Waals surface area contributed by atoms with E-state index in [0.29, 0.717) is 12.0 Å². The van der Waals surface area contributed by atoms with Crippen LogP contribution in [0.4, 0.5) is 4.39 Å². The Balaban J connectivity index is 2.06. The molecule has 0 amide bonds. The van der Waals surface area contributed by atoms with Gasteiger partial charge in [0.1, 0.15) is 5.60 Å². The highest BCUT2D eigenvalue weighted by Crippen LogP contribution is 2.53.